The number of fused-ring (bicyclic) bond motifs is 2. The number of nitrogens with two attached hydrogens (primary N) is 1. The van der Waals surface area contributed by atoms with Crippen LogP contribution in [0.4, 0.5) is 5.69 Å². The van der Waals surface area contributed by atoms with Crippen LogP contribution in [0.5, 0.6) is 0 Å². The molecule has 6 nitrogen and oxygen atoms in total. The Morgan fingerprint density at radius 1 is 1.22 bits per heavy atom. The largest absolute Gasteiger partial charge is 0.347 e. The van der Waals surface area contributed by atoms with Gasteiger partial charge in [0.1, 0.15) is 0 Å². The Balaban J connectivity index is 1.56. The molecule has 2 saturated carbocycles. The number of primary sulfonamides is 1. The molecule has 2 bridgehead atoms. The van der Waals surface area contributed by atoms with Crippen LogP contribution < -0.4 is 10.5 Å². The van der Waals surface area contributed by atoms with Crippen LogP contribution in [-0.4, -0.2) is 31.9 Å². The molecular weight excluding hydrogens is 360 g/mol. The van der Waals surface area contributed by atoms with Crippen LogP contribution in [0.2, 0.25) is 0 Å². The van der Waals surface area contributed by atoms with Gasteiger partial charge in [-0.2, -0.15) is 0 Å². The van der Waals surface area contributed by atoms with Crippen LogP contribution in [0.15, 0.2) is 46.4 Å². The highest BCUT2D eigenvalue weighted by atomic mass is 32.2. The summed E-state index contributed by atoms with van der Waals surface area (Å²) in [4.78, 5) is 7.10. The molecule has 0 spiro atoms. The number of nitrogens with one attached hydrogen (secondary N) is 1. The van der Waals surface area contributed by atoms with E-state index in [1.165, 1.54) is 31.4 Å². The summed E-state index contributed by atoms with van der Waals surface area (Å²) >= 11 is 0. The molecule has 7 heteroatoms. The van der Waals surface area contributed by atoms with Crippen molar-refractivity contribution in [1.82, 2.24) is 4.90 Å². The van der Waals surface area contributed by atoms with E-state index in [0.29, 0.717) is 11.5 Å². The van der Waals surface area contributed by atoms with Crippen molar-refractivity contribution in [3.05, 3.63) is 36.5 Å². The van der Waals surface area contributed by atoms with Crippen molar-refractivity contribution in [3.63, 3.8) is 0 Å². The average Bonchev–Trinajstić information content (AvgIpc) is 2.95. The molecule has 2 aliphatic carbocycles. The van der Waals surface area contributed by atoms with E-state index < -0.39 is 10.0 Å². The molecule has 4 atom stereocenters. The summed E-state index contributed by atoms with van der Waals surface area (Å²) in [5.41, 5.74) is 1.40. The number of sulfonamides is 1. The van der Waals surface area contributed by atoms with E-state index in [-0.39, 0.29) is 16.6 Å². The summed E-state index contributed by atoms with van der Waals surface area (Å²) in [5.74, 6) is 0.751. The SMILES string of the molecule is CC1(C)C2CCC1(C)C(N1C=CC=NC1Nc1ccc(S(N)(=O)=O)cc1)C2. The van der Waals surface area contributed by atoms with E-state index in [9.17, 15) is 8.42 Å². The van der Waals surface area contributed by atoms with Crippen molar-refractivity contribution in [2.75, 3.05) is 5.32 Å². The fraction of sp³-hybridized carbons (Fsp3) is 0.550. The van der Waals surface area contributed by atoms with Gasteiger partial charge in [0.15, 0.2) is 6.29 Å². The molecule has 0 aromatic heterocycles. The zero-order valence-electron chi connectivity index (χ0n) is 16.1. The number of benzene rings is 1. The lowest BCUT2D eigenvalue weighted by atomic mass is 9.69. The zero-order chi connectivity index (χ0) is 19.4. The lowest BCUT2D eigenvalue weighted by Gasteiger charge is -2.46. The molecule has 27 heavy (non-hydrogen) atoms. The molecule has 3 N–H and O–H groups in total. The second-order valence-corrected chi connectivity index (χ2v) is 10.4. The predicted molar refractivity (Wildman–Crippen MR) is 108 cm³/mol. The van der Waals surface area contributed by atoms with Crippen molar-refractivity contribution in [1.29, 1.82) is 0 Å². The van der Waals surface area contributed by atoms with Gasteiger partial charge in [0.25, 0.3) is 0 Å². The third-order valence-corrected chi connectivity index (χ3v) is 8.37. The normalized spacial score (nSPS) is 34.2. The second-order valence-electron chi connectivity index (χ2n) is 8.80. The molecule has 1 aromatic rings. The van der Waals surface area contributed by atoms with Gasteiger partial charge in [-0.05, 0) is 66.4 Å². The van der Waals surface area contributed by atoms with Gasteiger partial charge in [-0.15, -0.1) is 0 Å². The minimum Gasteiger partial charge on any atom is -0.347 e. The summed E-state index contributed by atoms with van der Waals surface area (Å²) in [6, 6.07) is 6.94. The second kappa shape index (κ2) is 6.07. The van der Waals surface area contributed by atoms with E-state index >= 15 is 0 Å². The highest BCUT2D eigenvalue weighted by molar-refractivity contribution is 7.89. The van der Waals surface area contributed by atoms with Crippen LogP contribution in [0, 0.1) is 16.7 Å². The Bertz CT molecular complexity index is 891. The molecule has 1 aromatic carbocycles. The summed E-state index contributed by atoms with van der Waals surface area (Å²) in [6.07, 6.45) is 9.49. The number of nitrogens with zero attached hydrogens (tertiary/aromatic N) is 2. The maximum Gasteiger partial charge on any atom is 0.238 e. The van der Waals surface area contributed by atoms with E-state index in [2.05, 4.69) is 42.2 Å². The van der Waals surface area contributed by atoms with Crippen molar-refractivity contribution in [2.24, 2.45) is 26.9 Å². The minimum atomic E-state index is -3.68. The van der Waals surface area contributed by atoms with Gasteiger partial charge in [0.2, 0.25) is 10.0 Å². The van der Waals surface area contributed by atoms with Gasteiger partial charge >= 0.3 is 0 Å². The molecule has 0 saturated heterocycles. The summed E-state index contributed by atoms with van der Waals surface area (Å²) < 4.78 is 22.9. The Morgan fingerprint density at radius 3 is 2.48 bits per heavy atom. The van der Waals surface area contributed by atoms with Crippen molar-refractivity contribution in [2.45, 2.75) is 57.3 Å². The van der Waals surface area contributed by atoms with Crippen molar-refractivity contribution < 1.29 is 8.42 Å². The summed E-state index contributed by atoms with van der Waals surface area (Å²) in [6.45, 7) is 7.25. The van der Waals surface area contributed by atoms with Gasteiger partial charge in [-0.3, -0.25) is 0 Å². The first-order valence-electron chi connectivity index (χ1n) is 9.50. The molecule has 4 unspecified atom stereocenters. The van der Waals surface area contributed by atoms with Crippen molar-refractivity contribution >= 4 is 21.9 Å². The first kappa shape index (κ1) is 18.5. The molecule has 4 rings (SSSR count). The van der Waals surface area contributed by atoms with Crippen molar-refractivity contribution in [3.8, 4) is 0 Å². The van der Waals surface area contributed by atoms with Gasteiger partial charge in [0.05, 0.1) is 4.90 Å². The van der Waals surface area contributed by atoms with Gasteiger partial charge in [0, 0.05) is 24.1 Å². The summed E-state index contributed by atoms with van der Waals surface area (Å²) in [7, 11) is -3.68. The molecule has 0 amide bonds. The number of hydrogen-bond acceptors (Lipinski definition) is 5. The Kier molecular flexibility index (Phi) is 4.16. The molecular formula is C20H28N4O2S. The van der Waals surface area contributed by atoms with E-state index in [1.807, 2.05) is 12.3 Å². The van der Waals surface area contributed by atoms with Crippen LogP contribution in [0.25, 0.3) is 0 Å². The smallest absolute Gasteiger partial charge is 0.238 e. The highest BCUT2D eigenvalue weighted by Gasteiger charge is 2.63. The number of allylic oxidation sites excluding steroid dienone is 1. The third-order valence-electron chi connectivity index (χ3n) is 7.44. The average molecular weight is 389 g/mol. The predicted octanol–water partition coefficient (Wildman–Crippen LogP) is 3.14. The first-order chi connectivity index (χ1) is 12.6. The number of hydrogen-bond donors (Lipinski definition) is 2. The number of rotatable bonds is 4. The van der Waals surface area contributed by atoms with Gasteiger partial charge in [-0.1, -0.05) is 20.8 Å². The van der Waals surface area contributed by atoms with E-state index in [1.54, 1.807) is 12.1 Å². The molecule has 146 valence electrons. The lowest BCUT2D eigenvalue weighted by Crippen LogP contribution is -2.51. The fourth-order valence-electron chi connectivity index (χ4n) is 5.32. The van der Waals surface area contributed by atoms with Gasteiger partial charge < -0.3 is 10.2 Å². The van der Waals surface area contributed by atoms with E-state index in [4.69, 9.17) is 5.14 Å². The quantitative estimate of drug-likeness (QED) is 0.829. The number of anilines is 1. The standard InChI is InChI=1S/C20H28N4O2S/c1-19(2)14-9-10-20(19,3)17(13-14)24-12-4-11-22-18(24)23-15-5-7-16(8-6-15)27(21,25)26/h4-8,11-12,14,17-18,23H,9-10,13H2,1-3H3,(H2,21,25,26). The molecule has 0 radical (unpaired) electrons. The van der Waals surface area contributed by atoms with E-state index in [0.717, 1.165) is 11.6 Å². The Labute approximate surface area is 161 Å². The maximum absolute atomic E-state index is 11.4. The fourth-order valence-corrected chi connectivity index (χ4v) is 5.83. The molecule has 1 aliphatic heterocycles. The third kappa shape index (κ3) is 2.88. The van der Waals surface area contributed by atoms with Crippen LogP contribution in [-0.2, 0) is 10.0 Å². The maximum atomic E-state index is 11.4. The first-order valence-corrected chi connectivity index (χ1v) is 11.0. The number of aliphatic imine (C=N–C) groups is 1. The lowest BCUT2D eigenvalue weighted by molar-refractivity contribution is 0.0545. The molecule has 1 heterocycles. The molecule has 2 fully saturated rings. The summed E-state index contributed by atoms with van der Waals surface area (Å²) in [5, 5.41) is 8.61. The van der Waals surface area contributed by atoms with Crippen LogP contribution in [0.3, 0.4) is 0 Å². The monoisotopic (exact) mass is 388 g/mol. The minimum absolute atomic E-state index is 0.110. The Hall–Kier alpha value is -1.86. The van der Waals surface area contributed by atoms with Crippen LogP contribution >= 0.6 is 0 Å². The topological polar surface area (TPSA) is 87.8 Å². The highest BCUT2D eigenvalue weighted by Crippen LogP contribution is 2.66. The Morgan fingerprint density at radius 2 is 1.93 bits per heavy atom. The van der Waals surface area contributed by atoms with Gasteiger partial charge in [-0.25, -0.2) is 18.5 Å². The zero-order valence-corrected chi connectivity index (χ0v) is 16.9. The molecule has 3 aliphatic rings. The van der Waals surface area contributed by atoms with Crippen LogP contribution in [0.1, 0.15) is 40.0 Å².